The zero-order chi connectivity index (χ0) is 17.8. The van der Waals surface area contributed by atoms with Crippen LogP contribution in [-0.4, -0.2) is 28.4 Å². The molecule has 0 N–H and O–H groups in total. The molecule has 0 radical (unpaired) electrons. The maximum Gasteiger partial charge on any atom is 0.276 e. The Morgan fingerprint density at radius 3 is 3.12 bits per heavy atom. The van der Waals surface area contributed by atoms with Crippen molar-refractivity contribution in [3.63, 3.8) is 0 Å². The van der Waals surface area contributed by atoms with Gasteiger partial charge in [-0.05, 0) is 24.6 Å². The molecule has 132 valence electrons. The molecule has 7 heteroatoms. The van der Waals surface area contributed by atoms with Crippen LogP contribution in [0.15, 0.2) is 41.0 Å². The molecule has 1 atom stereocenters. The summed E-state index contributed by atoms with van der Waals surface area (Å²) >= 11 is 5.90. The molecule has 0 bridgehead atoms. The summed E-state index contributed by atoms with van der Waals surface area (Å²) in [6, 6.07) is 3.94. The summed E-state index contributed by atoms with van der Waals surface area (Å²) in [5.74, 6) is -0.0377. The van der Waals surface area contributed by atoms with E-state index in [4.69, 9.17) is 20.8 Å². The Kier molecular flexibility index (Phi) is 5.38. The predicted octanol–water partition coefficient (Wildman–Crippen LogP) is 4.23. The van der Waals surface area contributed by atoms with E-state index in [0.717, 1.165) is 18.9 Å². The maximum atomic E-state index is 13.0. The number of carbonyl (C=O) groups is 1. The van der Waals surface area contributed by atoms with Crippen LogP contribution >= 0.6 is 11.6 Å². The Labute approximate surface area is 150 Å². The number of hydrogen-bond acceptors (Lipinski definition) is 4. The van der Waals surface area contributed by atoms with E-state index in [1.165, 1.54) is 18.4 Å². The smallest absolute Gasteiger partial charge is 0.276 e. The molecule has 1 aliphatic heterocycles. The predicted molar refractivity (Wildman–Crippen MR) is 91.1 cm³/mol. The molecule has 0 spiro atoms. The van der Waals surface area contributed by atoms with Gasteiger partial charge in [0, 0.05) is 6.54 Å². The number of nitrogens with zero attached hydrogens (tertiary/aromatic N) is 2. The fourth-order valence-corrected chi connectivity index (χ4v) is 2.93. The standard InChI is InChI=1S/C18H18ClFN2O3/c1-2-4-13-5-3-8-22(13)18(23)15-10-25-17(21-15)11-24-16-7-6-12(20)9-14(16)19/h3,5-7,9-10,13H,2,4,8,11H2,1H3. The average Bonchev–Trinajstić information content (AvgIpc) is 3.23. The minimum absolute atomic E-state index is 0.00469. The average molecular weight is 365 g/mol. The Morgan fingerprint density at radius 2 is 2.36 bits per heavy atom. The highest BCUT2D eigenvalue weighted by atomic mass is 35.5. The van der Waals surface area contributed by atoms with E-state index in [2.05, 4.69) is 11.9 Å². The van der Waals surface area contributed by atoms with Gasteiger partial charge in [-0.2, -0.15) is 0 Å². The first-order valence-electron chi connectivity index (χ1n) is 8.08. The highest BCUT2D eigenvalue weighted by Crippen LogP contribution is 2.26. The molecule has 5 nitrogen and oxygen atoms in total. The molecule has 1 amide bonds. The SMILES string of the molecule is CCCC1C=CCN1C(=O)c1coc(COc2ccc(F)cc2Cl)n1. The van der Waals surface area contributed by atoms with E-state index in [1.54, 1.807) is 4.90 Å². The highest BCUT2D eigenvalue weighted by molar-refractivity contribution is 6.32. The van der Waals surface area contributed by atoms with Crippen molar-refractivity contribution in [2.45, 2.75) is 32.4 Å². The van der Waals surface area contributed by atoms with Gasteiger partial charge in [-0.25, -0.2) is 9.37 Å². The Bertz CT molecular complexity index is 790. The number of oxazole rings is 1. The second-order valence-corrected chi connectivity index (χ2v) is 6.14. The van der Waals surface area contributed by atoms with Gasteiger partial charge >= 0.3 is 0 Å². The van der Waals surface area contributed by atoms with Gasteiger partial charge in [-0.15, -0.1) is 0 Å². The van der Waals surface area contributed by atoms with E-state index < -0.39 is 5.82 Å². The number of amides is 1. The highest BCUT2D eigenvalue weighted by Gasteiger charge is 2.27. The van der Waals surface area contributed by atoms with Crippen LogP contribution in [0, 0.1) is 5.82 Å². The van der Waals surface area contributed by atoms with E-state index in [9.17, 15) is 9.18 Å². The largest absolute Gasteiger partial charge is 0.482 e. The van der Waals surface area contributed by atoms with Crippen molar-refractivity contribution in [2.75, 3.05) is 6.54 Å². The zero-order valence-corrected chi connectivity index (χ0v) is 14.5. The lowest BCUT2D eigenvalue weighted by Gasteiger charge is -2.23. The third-order valence-corrected chi connectivity index (χ3v) is 4.22. The van der Waals surface area contributed by atoms with Crippen LogP contribution in [0.25, 0.3) is 0 Å². The van der Waals surface area contributed by atoms with Gasteiger partial charge in [0.25, 0.3) is 5.91 Å². The summed E-state index contributed by atoms with van der Waals surface area (Å²) in [5.41, 5.74) is 0.244. The van der Waals surface area contributed by atoms with Gasteiger partial charge in [0.15, 0.2) is 12.3 Å². The number of hydrogen-bond donors (Lipinski definition) is 0. The number of ether oxygens (including phenoxy) is 1. The van der Waals surface area contributed by atoms with Gasteiger partial charge in [0.05, 0.1) is 11.1 Å². The minimum atomic E-state index is -0.442. The molecule has 0 saturated carbocycles. The Balaban J connectivity index is 1.63. The van der Waals surface area contributed by atoms with Crippen molar-refractivity contribution in [1.82, 2.24) is 9.88 Å². The van der Waals surface area contributed by atoms with Crippen molar-refractivity contribution in [1.29, 1.82) is 0 Å². The second-order valence-electron chi connectivity index (χ2n) is 5.73. The van der Waals surface area contributed by atoms with Gasteiger partial charge < -0.3 is 14.1 Å². The van der Waals surface area contributed by atoms with Gasteiger partial charge in [-0.3, -0.25) is 4.79 Å². The van der Waals surface area contributed by atoms with Crippen molar-refractivity contribution < 1.29 is 18.3 Å². The van der Waals surface area contributed by atoms with Crippen molar-refractivity contribution in [3.05, 3.63) is 59.0 Å². The monoisotopic (exact) mass is 364 g/mol. The molecule has 1 aromatic heterocycles. The fraction of sp³-hybridized carbons (Fsp3) is 0.333. The summed E-state index contributed by atoms with van der Waals surface area (Å²) in [6.07, 6.45) is 7.27. The molecule has 1 aliphatic rings. The van der Waals surface area contributed by atoms with Crippen LogP contribution in [-0.2, 0) is 6.61 Å². The summed E-state index contributed by atoms with van der Waals surface area (Å²) in [5, 5.41) is 0.161. The number of carbonyl (C=O) groups excluding carboxylic acids is 1. The molecule has 0 fully saturated rings. The first-order chi connectivity index (χ1) is 12.1. The molecule has 0 aliphatic carbocycles. The minimum Gasteiger partial charge on any atom is -0.482 e. The number of aromatic nitrogens is 1. The van der Waals surface area contributed by atoms with E-state index in [0.29, 0.717) is 12.3 Å². The summed E-state index contributed by atoms with van der Waals surface area (Å²) in [7, 11) is 0. The van der Waals surface area contributed by atoms with Gasteiger partial charge in [-0.1, -0.05) is 37.1 Å². The van der Waals surface area contributed by atoms with Crippen LogP contribution in [0.1, 0.15) is 36.1 Å². The lowest BCUT2D eigenvalue weighted by molar-refractivity contribution is 0.0738. The van der Waals surface area contributed by atoms with Crippen LogP contribution < -0.4 is 4.74 Å². The van der Waals surface area contributed by atoms with Gasteiger partial charge in [0.1, 0.15) is 17.8 Å². The second kappa shape index (κ2) is 7.70. The fourth-order valence-electron chi connectivity index (χ4n) is 2.71. The topological polar surface area (TPSA) is 55.6 Å². The summed E-state index contributed by atoms with van der Waals surface area (Å²) in [6.45, 7) is 2.66. The molecule has 3 rings (SSSR count). The van der Waals surface area contributed by atoms with Crippen molar-refractivity contribution in [3.8, 4) is 5.75 Å². The molecular formula is C18H18ClFN2O3. The first-order valence-corrected chi connectivity index (χ1v) is 8.46. The number of rotatable bonds is 6. The maximum absolute atomic E-state index is 13.0. The van der Waals surface area contributed by atoms with Crippen LogP contribution in [0.2, 0.25) is 5.02 Å². The zero-order valence-electron chi connectivity index (χ0n) is 13.7. The molecular weight excluding hydrogens is 347 g/mol. The molecule has 25 heavy (non-hydrogen) atoms. The summed E-state index contributed by atoms with van der Waals surface area (Å²) in [4.78, 5) is 18.5. The van der Waals surface area contributed by atoms with Crippen LogP contribution in [0.3, 0.4) is 0 Å². The Morgan fingerprint density at radius 1 is 1.52 bits per heavy atom. The molecule has 1 aromatic carbocycles. The molecule has 2 aromatic rings. The molecule has 0 saturated heterocycles. The lowest BCUT2D eigenvalue weighted by atomic mass is 10.1. The summed E-state index contributed by atoms with van der Waals surface area (Å²) < 4.78 is 23.8. The van der Waals surface area contributed by atoms with E-state index in [-0.39, 0.29) is 35.2 Å². The molecule has 1 unspecified atom stereocenters. The van der Waals surface area contributed by atoms with Crippen molar-refractivity contribution >= 4 is 17.5 Å². The van der Waals surface area contributed by atoms with Gasteiger partial charge in [0.2, 0.25) is 5.89 Å². The van der Waals surface area contributed by atoms with E-state index >= 15 is 0 Å². The Hall–Kier alpha value is -2.34. The van der Waals surface area contributed by atoms with E-state index in [1.807, 2.05) is 12.2 Å². The number of halogens is 2. The van der Waals surface area contributed by atoms with Crippen LogP contribution in [0.5, 0.6) is 5.75 Å². The molecule has 2 heterocycles. The quantitative estimate of drug-likeness (QED) is 0.720. The third-order valence-electron chi connectivity index (χ3n) is 3.92. The number of benzene rings is 1. The third kappa shape index (κ3) is 4.02. The lowest BCUT2D eigenvalue weighted by Crippen LogP contribution is -2.36. The van der Waals surface area contributed by atoms with Crippen LogP contribution in [0.4, 0.5) is 4.39 Å². The first kappa shape index (κ1) is 17.5. The normalized spacial score (nSPS) is 16.4. The van der Waals surface area contributed by atoms with Crippen molar-refractivity contribution in [2.24, 2.45) is 0 Å².